The summed E-state index contributed by atoms with van der Waals surface area (Å²) in [5.74, 6) is 0.321. The third kappa shape index (κ3) is 6.15. The Morgan fingerprint density at radius 2 is 2.00 bits per heavy atom. The first kappa shape index (κ1) is 23.1. The molecule has 156 valence electrons. The number of guanidine groups is 1. The fraction of sp³-hybridized carbons (Fsp3) is 0.211. The van der Waals surface area contributed by atoms with E-state index in [1.54, 1.807) is 25.2 Å². The molecule has 7 nitrogen and oxygen atoms in total. The highest BCUT2D eigenvalue weighted by Gasteiger charge is 2.08. The first-order chi connectivity index (χ1) is 13.4. The lowest BCUT2D eigenvalue weighted by molar-refractivity contribution is 0.597. The van der Waals surface area contributed by atoms with Gasteiger partial charge in [0.05, 0.1) is 4.90 Å². The topological polar surface area (TPSA) is 112 Å². The van der Waals surface area contributed by atoms with Gasteiger partial charge in [-0.3, -0.25) is 4.99 Å². The van der Waals surface area contributed by atoms with Crippen molar-refractivity contribution >= 4 is 50.9 Å². The zero-order valence-electron chi connectivity index (χ0n) is 15.8. The third-order valence-electron chi connectivity index (χ3n) is 4.33. The molecule has 3 rings (SSSR count). The number of benzene rings is 2. The van der Waals surface area contributed by atoms with Crippen molar-refractivity contribution < 1.29 is 12.8 Å². The number of hydrogen-bond donors (Lipinski definition) is 4. The van der Waals surface area contributed by atoms with Gasteiger partial charge in [-0.15, -0.1) is 24.0 Å². The lowest BCUT2D eigenvalue weighted by Crippen LogP contribution is -2.37. The van der Waals surface area contributed by atoms with Crippen LogP contribution in [-0.2, 0) is 23.0 Å². The molecule has 2 aromatic carbocycles. The molecule has 0 aliphatic carbocycles. The smallest absolute Gasteiger partial charge is 0.238 e. The molecule has 0 saturated heterocycles. The molecule has 1 aromatic heterocycles. The van der Waals surface area contributed by atoms with Gasteiger partial charge in [-0.05, 0) is 47.9 Å². The SMILES string of the molecule is CN=C(NCCc1c[nH]c2cc(F)ccc12)NCc1cccc(S(N)(=O)=O)c1.I. The number of rotatable bonds is 6. The van der Waals surface area contributed by atoms with Crippen LogP contribution in [0.3, 0.4) is 0 Å². The summed E-state index contributed by atoms with van der Waals surface area (Å²) in [6.07, 6.45) is 2.61. The van der Waals surface area contributed by atoms with Crippen LogP contribution < -0.4 is 15.8 Å². The number of aliphatic imine (C=N–C) groups is 1. The van der Waals surface area contributed by atoms with E-state index >= 15 is 0 Å². The van der Waals surface area contributed by atoms with E-state index in [2.05, 4.69) is 20.6 Å². The van der Waals surface area contributed by atoms with Crippen LogP contribution in [0.2, 0.25) is 0 Å². The van der Waals surface area contributed by atoms with E-state index in [0.29, 0.717) is 19.0 Å². The molecule has 0 aliphatic rings. The van der Waals surface area contributed by atoms with Crippen LogP contribution >= 0.6 is 24.0 Å². The van der Waals surface area contributed by atoms with E-state index in [1.165, 1.54) is 24.3 Å². The molecule has 10 heteroatoms. The summed E-state index contributed by atoms with van der Waals surface area (Å²) in [6, 6.07) is 11.1. The summed E-state index contributed by atoms with van der Waals surface area (Å²) in [4.78, 5) is 7.31. The first-order valence-electron chi connectivity index (χ1n) is 8.68. The number of nitrogens with one attached hydrogen (secondary N) is 3. The summed E-state index contributed by atoms with van der Waals surface area (Å²) in [5, 5.41) is 12.5. The number of nitrogens with zero attached hydrogens (tertiary/aromatic N) is 1. The average Bonchev–Trinajstić information content (AvgIpc) is 3.06. The Kier molecular flexibility index (Phi) is 7.99. The van der Waals surface area contributed by atoms with Crippen LogP contribution in [0.5, 0.6) is 0 Å². The summed E-state index contributed by atoms with van der Waals surface area (Å²) in [6.45, 7) is 1.02. The highest BCUT2D eigenvalue weighted by Crippen LogP contribution is 2.19. The van der Waals surface area contributed by atoms with Gasteiger partial charge in [-0.2, -0.15) is 0 Å². The number of hydrogen-bond acceptors (Lipinski definition) is 3. The second-order valence-electron chi connectivity index (χ2n) is 6.30. The monoisotopic (exact) mass is 531 g/mol. The minimum absolute atomic E-state index is 0. The maximum absolute atomic E-state index is 13.3. The van der Waals surface area contributed by atoms with E-state index in [9.17, 15) is 12.8 Å². The van der Waals surface area contributed by atoms with Crippen LogP contribution in [0.25, 0.3) is 10.9 Å². The molecule has 0 unspecified atom stereocenters. The normalized spacial score (nSPS) is 11.9. The maximum atomic E-state index is 13.3. The Balaban J connectivity index is 0.00000300. The number of aromatic amines is 1. The number of primary sulfonamides is 1. The third-order valence-corrected chi connectivity index (χ3v) is 5.24. The van der Waals surface area contributed by atoms with Crippen molar-refractivity contribution in [1.29, 1.82) is 0 Å². The van der Waals surface area contributed by atoms with Crippen LogP contribution in [0, 0.1) is 5.82 Å². The highest BCUT2D eigenvalue weighted by molar-refractivity contribution is 14.0. The van der Waals surface area contributed by atoms with Gasteiger partial charge in [-0.25, -0.2) is 17.9 Å². The number of aromatic nitrogens is 1. The van der Waals surface area contributed by atoms with Crippen LogP contribution in [0.1, 0.15) is 11.1 Å². The van der Waals surface area contributed by atoms with Gasteiger partial charge in [0.15, 0.2) is 5.96 Å². The minimum atomic E-state index is -3.73. The fourth-order valence-electron chi connectivity index (χ4n) is 2.92. The van der Waals surface area contributed by atoms with Gasteiger partial charge in [0.2, 0.25) is 10.0 Å². The molecular formula is C19H23FIN5O2S. The van der Waals surface area contributed by atoms with Crippen molar-refractivity contribution in [3.05, 3.63) is 65.6 Å². The molecule has 0 atom stereocenters. The molecule has 5 N–H and O–H groups in total. The molecule has 0 saturated carbocycles. The molecule has 0 amide bonds. The van der Waals surface area contributed by atoms with E-state index in [1.807, 2.05) is 6.20 Å². The number of H-pyrrole nitrogens is 1. The minimum Gasteiger partial charge on any atom is -0.361 e. The molecule has 0 aliphatic heterocycles. The van der Waals surface area contributed by atoms with E-state index < -0.39 is 10.0 Å². The lowest BCUT2D eigenvalue weighted by atomic mass is 10.1. The zero-order chi connectivity index (χ0) is 20.1. The summed E-state index contributed by atoms with van der Waals surface area (Å²) < 4.78 is 36.2. The van der Waals surface area contributed by atoms with Crippen molar-refractivity contribution in [2.45, 2.75) is 17.9 Å². The standard InChI is InChI=1S/C19H22FN5O2S.HI/c1-22-19(25-11-13-3-2-4-16(9-13)28(21,26)27)23-8-7-14-12-24-18-10-15(20)5-6-17(14)18;/h2-6,9-10,12,24H,7-8,11H2,1H3,(H2,21,26,27)(H2,22,23,25);1H. The van der Waals surface area contributed by atoms with Crippen LogP contribution in [0.4, 0.5) is 4.39 Å². The highest BCUT2D eigenvalue weighted by atomic mass is 127. The van der Waals surface area contributed by atoms with Gasteiger partial charge >= 0.3 is 0 Å². The molecule has 0 bridgehead atoms. The van der Waals surface area contributed by atoms with Gasteiger partial charge < -0.3 is 15.6 Å². The Bertz CT molecular complexity index is 1110. The van der Waals surface area contributed by atoms with E-state index in [0.717, 1.165) is 28.5 Å². The van der Waals surface area contributed by atoms with E-state index in [4.69, 9.17) is 5.14 Å². The Morgan fingerprint density at radius 1 is 1.21 bits per heavy atom. The Hall–Kier alpha value is -2.18. The molecule has 0 fully saturated rings. The largest absolute Gasteiger partial charge is 0.361 e. The van der Waals surface area contributed by atoms with Gasteiger partial charge in [0.25, 0.3) is 0 Å². The summed E-state index contributed by atoms with van der Waals surface area (Å²) in [7, 11) is -2.07. The Morgan fingerprint density at radius 3 is 2.72 bits per heavy atom. The number of halogens is 2. The first-order valence-corrected chi connectivity index (χ1v) is 10.2. The number of nitrogens with two attached hydrogens (primary N) is 1. The van der Waals surface area contributed by atoms with Crippen molar-refractivity contribution in [2.24, 2.45) is 10.1 Å². The number of fused-ring (bicyclic) bond motifs is 1. The average molecular weight is 531 g/mol. The zero-order valence-corrected chi connectivity index (χ0v) is 18.9. The molecule has 3 aromatic rings. The molecule has 29 heavy (non-hydrogen) atoms. The quantitative estimate of drug-likeness (QED) is 0.223. The van der Waals surface area contributed by atoms with Crippen molar-refractivity contribution in [3.8, 4) is 0 Å². The van der Waals surface area contributed by atoms with Gasteiger partial charge in [-0.1, -0.05) is 12.1 Å². The second kappa shape index (κ2) is 10.0. The Labute approximate surface area is 186 Å². The lowest BCUT2D eigenvalue weighted by Gasteiger charge is -2.12. The van der Waals surface area contributed by atoms with Crippen LogP contribution in [0.15, 0.2) is 58.5 Å². The molecular weight excluding hydrogens is 508 g/mol. The van der Waals surface area contributed by atoms with Crippen LogP contribution in [-0.4, -0.2) is 33.0 Å². The van der Waals surface area contributed by atoms with E-state index in [-0.39, 0.29) is 34.7 Å². The van der Waals surface area contributed by atoms with Crippen molar-refractivity contribution in [3.63, 3.8) is 0 Å². The maximum Gasteiger partial charge on any atom is 0.238 e. The summed E-state index contributed by atoms with van der Waals surface area (Å²) >= 11 is 0. The molecule has 0 radical (unpaired) electrons. The van der Waals surface area contributed by atoms with Crippen molar-refractivity contribution in [1.82, 2.24) is 15.6 Å². The van der Waals surface area contributed by atoms with Crippen molar-refractivity contribution in [2.75, 3.05) is 13.6 Å². The fourth-order valence-corrected chi connectivity index (χ4v) is 3.50. The van der Waals surface area contributed by atoms with Gasteiger partial charge in [0.1, 0.15) is 5.82 Å². The second-order valence-corrected chi connectivity index (χ2v) is 7.86. The predicted molar refractivity (Wildman–Crippen MR) is 123 cm³/mol. The van der Waals surface area contributed by atoms with Gasteiger partial charge in [0, 0.05) is 37.2 Å². The molecule has 1 heterocycles. The number of sulfonamides is 1. The predicted octanol–water partition coefficient (Wildman–Crippen LogP) is 2.48. The molecule has 0 spiro atoms. The summed E-state index contributed by atoms with van der Waals surface area (Å²) in [5.41, 5.74) is 2.62.